The summed E-state index contributed by atoms with van der Waals surface area (Å²) in [6.07, 6.45) is 2.52. The minimum Gasteiger partial charge on any atom is -0.378 e. The van der Waals surface area contributed by atoms with Crippen molar-refractivity contribution in [2.75, 3.05) is 37.7 Å². The zero-order valence-electron chi connectivity index (χ0n) is 18.5. The quantitative estimate of drug-likeness (QED) is 0.429. The molecule has 4 aromatic rings. The standard InChI is InChI=1S/C26H23N5O2S/c27-8-9-28-26(32)20-3-1-2-19(15-20)22-17-34-23-16-29-24(30-25(22)23)14-18-4-6-21(7-5-18)31-10-12-33-13-11-31/h1-7,15-17H,9-14H2,(H,28,32). The lowest BCUT2D eigenvalue weighted by Gasteiger charge is -2.28. The SMILES string of the molecule is N#CCNC(=O)c1cccc(-c2csc3cnc(Cc4ccc(N5CCOCC5)cc4)nc23)c1. The molecule has 1 N–H and O–H groups in total. The van der Waals surface area contributed by atoms with Crippen LogP contribution in [0.15, 0.2) is 60.1 Å². The highest BCUT2D eigenvalue weighted by Gasteiger charge is 2.14. The van der Waals surface area contributed by atoms with Crippen molar-refractivity contribution in [3.05, 3.63) is 77.1 Å². The van der Waals surface area contributed by atoms with E-state index in [0.29, 0.717) is 12.0 Å². The average molecular weight is 470 g/mol. The monoisotopic (exact) mass is 469 g/mol. The van der Waals surface area contributed by atoms with Gasteiger partial charge in [0.1, 0.15) is 12.4 Å². The summed E-state index contributed by atoms with van der Waals surface area (Å²) in [5, 5.41) is 13.3. The van der Waals surface area contributed by atoms with E-state index in [2.05, 4.69) is 39.5 Å². The van der Waals surface area contributed by atoms with Crippen molar-refractivity contribution in [3.8, 4) is 17.2 Å². The van der Waals surface area contributed by atoms with E-state index in [1.165, 1.54) is 5.69 Å². The van der Waals surface area contributed by atoms with E-state index >= 15 is 0 Å². The first-order valence-corrected chi connectivity index (χ1v) is 12.0. The Morgan fingerprint density at radius 1 is 1.18 bits per heavy atom. The molecule has 0 saturated carbocycles. The first-order valence-electron chi connectivity index (χ1n) is 11.1. The number of fused-ring (bicyclic) bond motifs is 1. The van der Waals surface area contributed by atoms with Crippen LogP contribution in [0.2, 0.25) is 0 Å². The molecule has 2 aromatic heterocycles. The molecule has 1 fully saturated rings. The van der Waals surface area contributed by atoms with Gasteiger partial charge in [0.05, 0.1) is 29.5 Å². The fraction of sp³-hybridized carbons (Fsp3) is 0.231. The molecule has 0 atom stereocenters. The molecule has 0 unspecified atom stereocenters. The molecule has 7 nitrogen and oxygen atoms in total. The first-order chi connectivity index (χ1) is 16.7. The normalized spacial score (nSPS) is 13.6. The number of nitrogens with zero attached hydrogens (tertiary/aromatic N) is 4. The number of amides is 1. The summed E-state index contributed by atoms with van der Waals surface area (Å²) in [4.78, 5) is 24.1. The molecule has 5 rings (SSSR count). The van der Waals surface area contributed by atoms with Gasteiger partial charge in [0.25, 0.3) is 5.91 Å². The molecule has 8 heteroatoms. The maximum atomic E-state index is 12.3. The van der Waals surface area contributed by atoms with Gasteiger partial charge in [-0.05, 0) is 35.4 Å². The summed E-state index contributed by atoms with van der Waals surface area (Å²) in [6, 6.07) is 17.9. The van der Waals surface area contributed by atoms with Crippen molar-refractivity contribution in [2.45, 2.75) is 6.42 Å². The van der Waals surface area contributed by atoms with Gasteiger partial charge in [-0.25, -0.2) is 9.97 Å². The molecule has 170 valence electrons. The van der Waals surface area contributed by atoms with E-state index in [-0.39, 0.29) is 12.5 Å². The zero-order chi connectivity index (χ0) is 23.3. The smallest absolute Gasteiger partial charge is 0.252 e. The molecule has 0 bridgehead atoms. The van der Waals surface area contributed by atoms with Crippen molar-refractivity contribution in [1.82, 2.24) is 15.3 Å². The summed E-state index contributed by atoms with van der Waals surface area (Å²) in [7, 11) is 0. The fourth-order valence-electron chi connectivity index (χ4n) is 4.03. The van der Waals surface area contributed by atoms with Crippen LogP contribution in [-0.2, 0) is 11.2 Å². The highest BCUT2D eigenvalue weighted by molar-refractivity contribution is 7.17. The fourth-order valence-corrected chi connectivity index (χ4v) is 4.91. The summed E-state index contributed by atoms with van der Waals surface area (Å²) in [5.74, 6) is 0.493. The molecule has 1 aliphatic rings. The number of morpholine rings is 1. The van der Waals surface area contributed by atoms with Crippen molar-refractivity contribution in [2.24, 2.45) is 0 Å². The number of hydrogen-bond acceptors (Lipinski definition) is 7. The Labute approximate surface area is 201 Å². The van der Waals surface area contributed by atoms with Crippen LogP contribution in [0.4, 0.5) is 5.69 Å². The number of rotatable bonds is 6. The Bertz CT molecular complexity index is 1350. The highest BCUT2D eigenvalue weighted by Crippen LogP contribution is 2.33. The number of aromatic nitrogens is 2. The Balaban J connectivity index is 1.37. The van der Waals surface area contributed by atoms with Gasteiger partial charge in [0.15, 0.2) is 0 Å². The van der Waals surface area contributed by atoms with Crippen molar-refractivity contribution in [3.63, 3.8) is 0 Å². The molecule has 0 radical (unpaired) electrons. The molecule has 3 heterocycles. The third-order valence-electron chi connectivity index (χ3n) is 5.80. The lowest BCUT2D eigenvalue weighted by atomic mass is 10.0. The maximum absolute atomic E-state index is 12.3. The van der Waals surface area contributed by atoms with Gasteiger partial charge in [0, 0.05) is 47.9 Å². The largest absolute Gasteiger partial charge is 0.378 e. The lowest BCUT2D eigenvalue weighted by molar-refractivity contribution is 0.0958. The van der Waals surface area contributed by atoms with E-state index in [1.807, 2.05) is 35.8 Å². The molecule has 1 aliphatic heterocycles. The van der Waals surface area contributed by atoms with Crippen molar-refractivity contribution < 1.29 is 9.53 Å². The third-order valence-corrected chi connectivity index (χ3v) is 6.71. The Morgan fingerprint density at radius 3 is 2.79 bits per heavy atom. The number of nitriles is 1. The number of anilines is 1. The predicted octanol–water partition coefficient (Wildman–Crippen LogP) is 4.04. The third kappa shape index (κ3) is 4.76. The Hall–Kier alpha value is -3.80. The van der Waals surface area contributed by atoms with Gasteiger partial charge in [-0.3, -0.25) is 4.79 Å². The van der Waals surface area contributed by atoms with E-state index in [4.69, 9.17) is 15.0 Å². The molecular formula is C26H23N5O2S. The lowest BCUT2D eigenvalue weighted by Crippen LogP contribution is -2.36. The minimum atomic E-state index is -0.265. The van der Waals surface area contributed by atoms with Crippen LogP contribution in [0.25, 0.3) is 21.3 Å². The van der Waals surface area contributed by atoms with Gasteiger partial charge < -0.3 is 15.0 Å². The summed E-state index contributed by atoms with van der Waals surface area (Å²) in [6.45, 7) is 3.36. The van der Waals surface area contributed by atoms with Crippen molar-refractivity contribution >= 4 is 33.1 Å². The van der Waals surface area contributed by atoms with Crippen LogP contribution >= 0.6 is 11.3 Å². The molecule has 0 aliphatic carbocycles. The molecular weight excluding hydrogens is 446 g/mol. The number of ether oxygens (including phenoxy) is 1. The maximum Gasteiger partial charge on any atom is 0.252 e. The molecule has 0 spiro atoms. The number of nitrogens with one attached hydrogen (secondary N) is 1. The summed E-state index contributed by atoms with van der Waals surface area (Å²) >= 11 is 1.59. The van der Waals surface area contributed by atoms with Gasteiger partial charge in [-0.2, -0.15) is 5.26 Å². The minimum absolute atomic E-state index is 0.0194. The second-order valence-electron chi connectivity index (χ2n) is 8.01. The second-order valence-corrected chi connectivity index (χ2v) is 8.92. The molecule has 1 saturated heterocycles. The molecule has 2 aromatic carbocycles. The van der Waals surface area contributed by atoms with Gasteiger partial charge in [0.2, 0.25) is 0 Å². The Morgan fingerprint density at radius 2 is 2.00 bits per heavy atom. The van der Waals surface area contributed by atoms with Crippen molar-refractivity contribution in [1.29, 1.82) is 5.26 Å². The number of benzene rings is 2. The van der Waals surface area contributed by atoms with Gasteiger partial charge in [-0.1, -0.05) is 24.3 Å². The van der Waals surface area contributed by atoms with E-state index < -0.39 is 0 Å². The number of carbonyl (C=O) groups excluding carboxylic acids is 1. The van der Waals surface area contributed by atoms with Gasteiger partial charge in [-0.15, -0.1) is 11.3 Å². The van der Waals surface area contributed by atoms with Gasteiger partial charge >= 0.3 is 0 Å². The van der Waals surface area contributed by atoms with Crippen LogP contribution in [0.3, 0.4) is 0 Å². The van der Waals surface area contributed by atoms with Crippen LogP contribution < -0.4 is 10.2 Å². The zero-order valence-corrected chi connectivity index (χ0v) is 19.3. The van der Waals surface area contributed by atoms with Crippen LogP contribution in [-0.4, -0.2) is 48.7 Å². The summed E-state index contributed by atoms with van der Waals surface area (Å²) in [5.41, 5.74) is 5.65. The van der Waals surface area contributed by atoms with Crippen LogP contribution in [0.1, 0.15) is 21.7 Å². The average Bonchev–Trinajstić information content (AvgIpc) is 3.32. The predicted molar refractivity (Wildman–Crippen MR) is 133 cm³/mol. The molecule has 1 amide bonds. The second kappa shape index (κ2) is 10.00. The topological polar surface area (TPSA) is 91.1 Å². The van der Waals surface area contributed by atoms with E-state index in [9.17, 15) is 4.79 Å². The summed E-state index contributed by atoms with van der Waals surface area (Å²) < 4.78 is 6.44. The number of thiophene rings is 1. The van der Waals surface area contributed by atoms with Crippen LogP contribution in [0, 0.1) is 11.3 Å². The first kappa shape index (κ1) is 22.0. The number of hydrogen-bond donors (Lipinski definition) is 1. The van der Waals surface area contributed by atoms with E-state index in [1.54, 1.807) is 17.4 Å². The highest BCUT2D eigenvalue weighted by atomic mass is 32.1. The Kier molecular flexibility index (Phi) is 6.47. The van der Waals surface area contributed by atoms with Crippen LogP contribution in [0.5, 0.6) is 0 Å². The van der Waals surface area contributed by atoms with E-state index in [0.717, 1.165) is 59.0 Å². The number of carbonyl (C=O) groups is 1. The molecule has 34 heavy (non-hydrogen) atoms.